The topological polar surface area (TPSA) is 62.3 Å². The first kappa shape index (κ1) is 15.1. The van der Waals surface area contributed by atoms with Gasteiger partial charge in [0.25, 0.3) is 0 Å². The smallest absolute Gasteiger partial charge is 0.225 e. The Morgan fingerprint density at radius 1 is 1.30 bits per heavy atom. The lowest BCUT2D eigenvalue weighted by molar-refractivity contribution is -0.129. The quantitative estimate of drug-likeness (QED) is 0.892. The van der Waals surface area contributed by atoms with Crippen molar-refractivity contribution in [2.75, 3.05) is 13.1 Å². The van der Waals surface area contributed by atoms with Gasteiger partial charge in [-0.1, -0.05) is 0 Å². The third-order valence-electron chi connectivity index (χ3n) is 5.04. The van der Waals surface area contributed by atoms with Crippen molar-refractivity contribution >= 4 is 23.2 Å². The molecule has 1 saturated heterocycles. The van der Waals surface area contributed by atoms with Gasteiger partial charge in [0, 0.05) is 36.9 Å². The lowest BCUT2D eigenvalue weighted by Gasteiger charge is -2.15. The Kier molecular flexibility index (Phi) is 4.09. The minimum absolute atomic E-state index is 0.0304. The number of carbonyl (C=O) groups excluding carboxylic acids is 2. The molecule has 3 aliphatic rings. The lowest BCUT2D eigenvalue weighted by atomic mass is 10.0. The molecule has 5 nitrogen and oxygen atoms in total. The van der Waals surface area contributed by atoms with Crippen LogP contribution in [0.4, 0.5) is 0 Å². The molecular weight excluding hydrogens is 310 g/mol. The van der Waals surface area contributed by atoms with E-state index in [0.717, 1.165) is 30.7 Å². The van der Waals surface area contributed by atoms with Gasteiger partial charge in [-0.15, -0.1) is 11.3 Å². The molecule has 2 amide bonds. The van der Waals surface area contributed by atoms with E-state index in [1.54, 1.807) is 0 Å². The summed E-state index contributed by atoms with van der Waals surface area (Å²) in [5.74, 6) is 0.0238. The van der Waals surface area contributed by atoms with Gasteiger partial charge < -0.3 is 10.2 Å². The van der Waals surface area contributed by atoms with Crippen molar-refractivity contribution in [2.45, 2.75) is 57.4 Å². The van der Waals surface area contributed by atoms with E-state index in [-0.39, 0.29) is 17.7 Å². The van der Waals surface area contributed by atoms with Crippen LogP contribution < -0.4 is 5.32 Å². The summed E-state index contributed by atoms with van der Waals surface area (Å²) in [4.78, 5) is 32.2. The Balaban J connectivity index is 1.25. The predicted molar refractivity (Wildman–Crippen MR) is 88.3 cm³/mol. The van der Waals surface area contributed by atoms with Gasteiger partial charge in [-0.05, 0) is 38.5 Å². The van der Waals surface area contributed by atoms with Crippen molar-refractivity contribution in [1.82, 2.24) is 15.2 Å². The van der Waals surface area contributed by atoms with Gasteiger partial charge in [0.15, 0.2) is 0 Å². The van der Waals surface area contributed by atoms with E-state index in [1.165, 1.54) is 29.8 Å². The van der Waals surface area contributed by atoms with Gasteiger partial charge in [-0.3, -0.25) is 9.59 Å². The van der Waals surface area contributed by atoms with E-state index in [1.807, 2.05) is 16.2 Å². The molecule has 1 aromatic rings. The van der Waals surface area contributed by atoms with Crippen LogP contribution in [0.1, 0.15) is 47.7 Å². The first-order valence-electron chi connectivity index (χ1n) is 8.75. The number of hydrogen-bond donors (Lipinski definition) is 1. The fraction of sp³-hybridized carbons (Fsp3) is 0.706. The van der Waals surface area contributed by atoms with Crippen LogP contribution >= 0.6 is 11.3 Å². The van der Waals surface area contributed by atoms with Crippen LogP contribution in [0.2, 0.25) is 0 Å². The zero-order valence-corrected chi connectivity index (χ0v) is 14.2. The highest BCUT2D eigenvalue weighted by Gasteiger charge is 2.41. The van der Waals surface area contributed by atoms with Crippen LogP contribution in [0.3, 0.4) is 0 Å². The van der Waals surface area contributed by atoms with E-state index in [2.05, 4.69) is 5.32 Å². The van der Waals surface area contributed by atoms with Crippen LogP contribution in [0.5, 0.6) is 0 Å². The van der Waals surface area contributed by atoms with E-state index in [0.29, 0.717) is 25.6 Å². The molecule has 4 rings (SSSR count). The molecule has 1 N–H and O–H groups in total. The van der Waals surface area contributed by atoms with Crippen molar-refractivity contribution in [1.29, 1.82) is 0 Å². The number of amides is 2. The maximum Gasteiger partial charge on any atom is 0.225 e. The summed E-state index contributed by atoms with van der Waals surface area (Å²) < 4.78 is 0. The van der Waals surface area contributed by atoms with E-state index < -0.39 is 0 Å². The largest absolute Gasteiger partial charge is 0.355 e. The van der Waals surface area contributed by atoms with Gasteiger partial charge in [0.05, 0.1) is 16.6 Å². The molecule has 2 aliphatic carbocycles. The molecule has 0 aromatic carbocycles. The van der Waals surface area contributed by atoms with Crippen molar-refractivity contribution in [3.8, 4) is 0 Å². The van der Waals surface area contributed by atoms with Crippen molar-refractivity contribution in [2.24, 2.45) is 5.92 Å². The normalized spacial score (nSPS) is 23.9. The molecule has 1 unspecified atom stereocenters. The monoisotopic (exact) mass is 333 g/mol. The average Bonchev–Trinajstić information content (AvgIpc) is 3.18. The first-order valence-corrected chi connectivity index (χ1v) is 9.57. The molecule has 2 heterocycles. The molecule has 6 heteroatoms. The number of rotatable bonds is 5. The van der Waals surface area contributed by atoms with Crippen molar-refractivity contribution < 1.29 is 9.59 Å². The number of fused-ring (bicyclic) bond motifs is 1. The van der Waals surface area contributed by atoms with Gasteiger partial charge >= 0.3 is 0 Å². The third-order valence-corrected chi connectivity index (χ3v) is 6.26. The lowest BCUT2D eigenvalue weighted by Crippen LogP contribution is -2.34. The molecule has 0 bridgehead atoms. The van der Waals surface area contributed by atoms with E-state index >= 15 is 0 Å². The maximum atomic E-state index is 12.3. The molecule has 1 aromatic heterocycles. The number of thiazole rings is 1. The van der Waals surface area contributed by atoms with E-state index in [9.17, 15) is 9.59 Å². The fourth-order valence-electron chi connectivity index (χ4n) is 3.60. The summed E-state index contributed by atoms with van der Waals surface area (Å²) in [6.45, 7) is 1.24. The van der Waals surface area contributed by atoms with Crippen molar-refractivity contribution in [3.63, 3.8) is 0 Å². The molecule has 1 saturated carbocycles. The van der Waals surface area contributed by atoms with Crippen LogP contribution in [-0.2, 0) is 28.9 Å². The average molecular weight is 333 g/mol. The summed E-state index contributed by atoms with van der Waals surface area (Å²) >= 11 is 1.81. The molecule has 23 heavy (non-hydrogen) atoms. The third kappa shape index (κ3) is 3.27. The Hall–Kier alpha value is -1.43. The number of aromatic nitrogens is 1. The minimum atomic E-state index is -0.160. The second-order valence-corrected chi connectivity index (χ2v) is 8.07. The first-order chi connectivity index (χ1) is 11.2. The van der Waals surface area contributed by atoms with Gasteiger partial charge in [-0.25, -0.2) is 4.98 Å². The molecule has 2 fully saturated rings. The second kappa shape index (κ2) is 6.23. The molecule has 124 valence electrons. The molecule has 1 aliphatic heterocycles. The maximum absolute atomic E-state index is 12.3. The highest BCUT2D eigenvalue weighted by Crippen LogP contribution is 2.32. The number of likely N-dealkylation sites (tertiary alicyclic amines) is 1. The number of nitrogens with zero attached hydrogens (tertiary/aromatic N) is 2. The number of aryl methyl sites for hydroxylation is 2. The highest BCUT2D eigenvalue weighted by atomic mass is 32.1. The summed E-state index contributed by atoms with van der Waals surface area (Å²) in [6.07, 6.45) is 8.20. The summed E-state index contributed by atoms with van der Waals surface area (Å²) in [7, 11) is 0. The van der Waals surface area contributed by atoms with Crippen LogP contribution in [0.15, 0.2) is 0 Å². The molecule has 1 atom stereocenters. The van der Waals surface area contributed by atoms with Crippen LogP contribution in [0.25, 0.3) is 0 Å². The second-order valence-electron chi connectivity index (χ2n) is 6.90. The van der Waals surface area contributed by atoms with Gasteiger partial charge in [0.1, 0.15) is 0 Å². The summed E-state index contributed by atoms with van der Waals surface area (Å²) in [5, 5.41) is 4.14. The summed E-state index contributed by atoms with van der Waals surface area (Å²) in [5.41, 5.74) is 1.28. The molecule has 0 radical (unpaired) electrons. The minimum Gasteiger partial charge on any atom is -0.355 e. The van der Waals surface area contributed by atoms with E-state index in [4.69, 9.17) is 4.98 Å². The standard InChI is InChI=1S/C17H23N3O2S/c21-16-9-11(10-20(16)12-5-6-12)17(22)18-8-7-15-19-13-3-1-2-4-14(13)23-15/h11-12H,1-10H2,(H,18,22). The Morgan fingerprint density at radius 2 is 2.13 bits per heavy atom. The number of carbonyl (C=O) groups is 2. The van der Waals surface area contributed by atoms with Crippen LogP contribution in [-0.4, -0.2) is 40.8 Å². The predicted octanol–water partition coefficient (Wildman–Crippen LogP) is 1.69. The zero-order valence-electron chi connectivity index (χ0n) is 13.3. The highest BCUT2D eigenvalue weighted by molar-refractivity contribution is 7.11. The van der Waals surface area contributed by atoms with Gasteiger partial charge in [-0.2, -0.15) is 0 Å². The Bertz CT molecular complexity index is 600. The summed E-state index contributed by atoms with van der Waals surface area (Å²) in [6, 6.07) is 0.418. The number of hydrogen-bond acceptors (Lipinski definition) is 4. The zero-order chi connectivity index (χ0) is 15.8. The molecule has 0 spiro atoms. The van der Waals surface area contributed by atoms with Crippen molar-refractivity contribution in [3.05, 3.63) is 15.6 Å². The molecular formula is C17H23N3O2S. The van der Waals surface area contributed by atoms with Crippen LogP contribution in [0, 0.1) is 5.92 Å². The SMILES string of the molecule is O=C(NCCc1nc2c(s1)CCCC2)C1CC(=O)N(C2CC2)C1. The Labute approximate surface area is 140 Å². The Morgan fingerprint density at radius 3 is 2.91 bits per heavy atom. The number of nitrogens with one attached hydrogen (secondary N) is 1. The van der Waals surface area contributed by atoms with Gasteiger partial charge in [0.2, 0.25) is 11.8 Å². The fourth-order valence-corrected chi connectivity index (χ4v) is 4.75.